The first-order chi connectivity index (χ1) is 9.46. The van der Waals surface area contributed by atoms with Gasteiger partial charge in [-0.2, -0.15) is 0 Å². The van der Waals surface area contributed by atoms with Gasteiger partial charge in [-0.25, -0.2) is 4.79 Å². The number of hydrogen-bond donors (Lipinski definition) is 0. The normalized spacial score (nSPS) is 21.9. The molecule has 1 aliphatic heterocycles. The van der Waals surface area contributed by atoms with E-state index in [0.717, 1.165) is 11.8 Å². The van der Waals surface area contributed by atoms with Crippen molar-refractivity contribution in [3.05, 3.63) is 39.9 Å². The van der Waals surface area contributed by atoms with Crippen molar-refractivity contribution in [3.8, 4) is 0 Å². The lowest BCUT2D eigenvalue weighted by Crippen LogP contribution is -2.31. The number of hydrogen-bond acceptors (Lipinski definition) is 6. The molecule has 0 aliphatic carbocycles. The van der Waals surface area contributed by atoms with Crippen molar-refractivity contribution in [2.45, 2.75) is 18.8 Å². The van der Waals surface area contributed by atoms with Crippen LogP contribution in [0.15, 0.2) is 29.3 Å². The maximum Gasteiger partial charge on any atom is 0.439 e. The van der Waals surface area contributed by atoms with E-state index in [1.807, 2.05) is 0 Å². The van der Waals surface area contributed by atoms with Gasteiger partial charge in [-0.1, -0.05) is 12.1 Å². The van der Waals surface area contributed by atoms with E-state index in [4.69, 9.17) is 9.47 Å². The van der Waals surface area contributed by atoms with Crippen LogP contribution in [0.4, 0.5) is 10.5 Å². The van der Waals surface area contributed by atoms with E-state index in [2.05, 4.69) is 4.99 Å². The molecule has 1 amide bonds. The molecule has 0 radical (unpaired) electrons. The number of cyclic esters (lactones) is 1. The summed E-state index contributed by atoms with van der Waals surface area (Å²) < 4.78 is 10.4. The number of thioether (sulfide) groups is 1. The number of nitrogens with zero attached hydrogens (tertiary/aromatic N) is 2. The molecule has 106 valence electrons. The highest BCUT2D eigenvalue weighted by atomic mass is 32.2. The Hall–Kier alpha value is -2.09. The minimum atomic E-state index is -1.24. The molecule has 1 unspecified atom stereocenters. The first-order valence-corrected chi connectivity index (χ1v) is 6.65. The molecule has 2 rings (SSSR count). The molecule has 0 saturated heterocycles. The third-order valence-corrected chi connectivity index (χ3v) is 3.68. The van der Waals surface area contributed by atoms with Crippen molar-refractivity contribution in [1.82, 2.24) is 0 Å². The van der Waals surface area contributed by atoms with Crippen LogP contribution in [-0.2, 0) is 14.4 Å². The van der Waals surface area contributed by atoms with Crippen LogP contribution in [0.5, 0.6) is 0 Å². The molecule has 7 nitrogen and oxygen atoms in total. The highest BCUT2D eigenvalue weighted by Crippen LogP contribution is 2.44. The monoisotopic (exact) mass is 296 g/mol. The van der Waals surface area contributed by atoms with Crippen LogP contribution in [0.2, 0.25) is 0 Å². The Bertz CT molecular complexity index is 589. The maximum absolute atomic E-state index is 11.5. The second-order valence-corrected chi connectivity index (χ2v) is 5.33. The highest BCUT2D eigenvalue weighted by molar-refractivity contribution is 8.14. The zero-order valence-electron chi connectivity index (χ0n) is 10.9. The largest absolute Gasteiger partial charge is 0.473 e. The summed E-state index contributed by atoms with van der Waals surface area (Å²) in [6.45, 7) is 3.67. The van der Waals surface area contributed by atoms with Crippen LogP contribution in [0.25, 0.3) is 0 Å². The number of carbonyl (C=O) groups excluding carboxylic acids is 1. The number of nitro groups is 1. The molecule has 1 aromatic rings. The van der Waals surface area contributed by atoms with Gasteiger partial charge in [0.2, 0.25) is 0 Å². The van der Waals surface area contributed by atoms with Gasteiger partial charge in [-0.15, -0.1) is 4.99 Å². The zero-order valence-corrected chi connectivity index (χ0v) is 11.7. The quantitative estimate of drug-likeness (QED) is 0.629. The van der Waals surface area contributed by atoms with E-state index in [0.29, 0.717) is 6.61 Å². The Morgan fingerprint density at radius 3 is 2.85 bits per heavy atom. The molecule has 0 spiro atoms. The van der Waals surface area contributed by atoms with Gasteiger partial charge in [-0.05, 0) is 31.7 Å². The van der Waals surface area contributed by atoms with Crippen LogP contribution in [0.1, 0.15) is 19.4 Å². The van der Waals surface area contributed by atoms with Crippen LogP contribution in [0, 0.1) is 10.1 Å². The summed E-state index contributed by atoms with van der Waals surface area (Å²) in [5.41, 5.74) is 0.170. The number of ether oxygens (including phenoxy) is 2. The first-order valence-electron chi connectivity index (χ1n) is 5.83. The lowest BCUT2D eigenvalue weighted by molar-refractivity contribution is -0.386. The van der Waals surface area contributed by atoms with Crippen molar-refractivity contribution in [3.63, 3.8) is 0 Å². The second-order valence-electron chi connectivity index (χ2n) is 4.00. The van der Waals surface area contributed by atoms with E-state index in [1.54, 1.807) is 32.0 Å². The highest BCUT2D eigenvalue weighted by Gasteiger charge is 2.42. The van der Waals surface area contributed by atoms with Gasteiger partial charge < -0.3 is 9.47 Å². The topological polar surface area (TPSA) is 91.0 Å². The fourth-order valence-corrected chi connectivity index (χ4v) is 2.81. The second kappa shape index (κ2) is 5.49. The van der Waals surface area contributed by atoms with Gasteiger partial charge in [0.1, 0.15) is 0 Å². The van der Waals surface area contributed by atoms with Gasteiger partial charge in [0.15, 0.2) is 4.93 Å². The standard InChI is InChI=1S/C12H12N2O5S/c1-3-18-11-13-10(15)19-12(2,20-11)8-6-4-5-7-9(8)14(16)17/h4-7H,3H2,1-2H3. The maximum atomic E-state index is 11.5. The average Bonchev–Trinajstić information content (AvgIpc) is 2.38. The molecule has 0 bridgehead atoms. The van der Waals surface area contributed by atoms with E-state index in [9.17, 15) is 14.9 Å². The number of aliphatic imine (C=N–C) groups is 1. The number of amides is 1. The summed E-state index contributed by atoms with van der Waals surface area (Å²) >= 11 is 1.03. The van der Waals surface area contributed by atoms with Crippen LogP contribution in [0.3, 0.4) is 0 Å². The fourth-order valence-electron chi connectivity index (χ4n) is 1.79. The molecule has 0 aromatic heterocycles. The lowest BCUT2D eigenvalue weighted by Gasteiger charge is -2.30. The smallest absolute Gasteiger partial charge is 0.439 e. The van der Waals surface area contributed by atoms with Gasteiger partial charge in [0, 0.05) is 6.07 Å². The molecule has 1 aromatic carbocycles. The molecule has 1 aliphatic rings. The van der Waals surface area contributed by atoms with Crippen molar-refractivity contribution in [2.75, 3.05) is 6.61 Å². The molecule has 20 heavy (non-hydrogen) atoms. The zero-order chi connectivity index (χ0) is 14.8. The predicted octanol–water partition coefficient (Wildman–Crippen LogP) is 3.04. The summed E-state index contributed by atoms with van der Waals surface area (Å²) in [5, 5.41) is 11.2. The molecule has 8 heteroatoms. The third kappa shape index (κ3) is 2.74. The molecule has 0 fully saturated rings. The van der Waals surface area contributed by atoms with Crippen molar-refractivity contribution in [1.29, 1.82) is 0 Å². The van der Waals surface area contributed by atoms with Crippen LogP contribution >= 0.6 is 11.8 Å². The van der Waals surface area contributed by atoms with Gasteiger partial charge in [0.05, 0.1) is 17.1 Å². The molecule has 1 heterocycles. The summed E-state index contributed by atoms with van der Waals surface area (Å²) in [4.78, 5) is 24.5. The van der Waals surface area contributed by atoms with Crippen molar-refractivity contribution in [2.24, 2.45) is 4.99 Å². The molecule has 1 atom stereocenters. The number of para-hydroxylation sites is 1. The summed E-state index contributed by atoms with van der Waals surface area (Å²) in [6.07, 6.45) is -0.826. The SMILES string of the molecule is CCOC1=NC(=O)OC(C)(c2ccccc2[N+](=O)[O-])S1. The molecular weight excluding hydrogens is 284 g/mol. The van der Waals surface area contributed by atoms with E-state index < -0.39 is 15.9 Å². The van der Waals surface area contributed by atoms with E-state index in [1.165, 1.54) is 6.07 Å². The van der Waals surface area contributed by atoms with Crippen molar-refractivity contribution >= 4 is 28.8 Å². The third-order valence-electron chi connectivity index (χ3n) is 2.60. The fraction of sp³-hybridized carbons (Fsp3) is 0.333. The minimum absolute atomic E-state index is 0.118. The van der Waals surface area contributed by atoms with E-state index in [-0.39, 0.29) is 16.5 Å². The minimum Gasteiger partial charge on any atom is -0.473 e. The summed E-state index contributed by atoms with van der Waals surface area (Å²) in [7, 11) is 0. The van der Waals surface area contributed by atoms with Gasteiger partial charge in [-0.3, -0.25) is 10.1 Å². The summed E-state index contributed by atoms with van der Waals surface area (Å²) in [6, 6.07) is 6.11. The Morgan fingerprint density at radius 1 is 1.50 bits per heavy atom. The number of nitro benzene ring substituents is 1. The number of benzene rings is 1. The van der Waals surface area contributed by atoms with Gasteiger partial charge in [0.25, 0.3) is 10.9 Å². The van der Waals surface area contributed by atoms with Crippen LogP contribution < -0.4 is 0 Å². The predicted molar refractivity (Wildman–Crippen MR) is 73.6 cm³/mol. The lowest BCUT2D eigenvalue weighted by atomic mass is 10.1. The Morgan fingerprint density at radius 2 is 2.20 bits per heavy atom. The Balaban J connectivity index is 2.44. The Kier molecular flexibility index (Phi) is 3.93. The van der Waals surface area contributed by atoms with Gasteiger partial charge >= 0.3 is 6.09 Å². The average molecular weight is 296 g/mol. The van der Waals surface area contributed by atoms with Crippen molar-refractivity contribution < 1.29 is 19.2 Å². The van der Waals surface area contributed by atoms with Crippen LogP contribution in [-0.4, -0.2) is 22.9 Å². The molecular formula is C12H12N2O5S. The van der Waals surface area contributed by atoms with E-state index >= 15 is 0 Å². The number of carbonyl (C=O) groups is 1. The molecule has 0 saturated carbocycles. The number of rotatable bonds is 3. The summed E-state index contributed by atoms with van der Waals surface area (Å²) in [5.74, 6) is 0. The first kappa shape index (κ1) is 14.3. The Labute approximate surface area is 119 Å². The molecule has 0 N–H and O–H groups in total.